The van der Waals surface area contributed by atoms with Crippen LogP contribution in [0.3, 0.4) is 0 Å². The van der Waals surface area contributed by atoms with Crippen molar-refractivity contribution in [3.05, 3.63) is 29.3 Å². The summed E-state index contributed by atoms with van der Waals surface area (Å²) < 4.78 is 31.0. The van der Waals surface area contributed by atoms with Crippen LogP contribution in [0.1, 0.15) is 12.5 Å². The molecule has 0 fully saturated rings. The van der Waals surface area contributed by atoms with E-state index in [0.29, 0.717) is 5.56 Å². The van der Waals surface area contributed by atoms with Gasteiger partial charge in [-0.15, -0.1) is 0 Å². The molecule has 0 bridgehead atoms. The summed E-state index contributed by atoms with van der Waals surface area (Å²) in [5, 5.41) is 2.72. The Morgan fingerprint density at radius 1 is 1.44 bits per heavy atom. The van der Waals surface area contributed by atoms with Crippen molar-refractivity contribution >= 4 is 5.97 Å². The van der Waals surface area contributed by atoms with Crippen molar-refractivity contribution in [3.63, 3.8) is 0 Å². The molecule has 1 rings (SSSR count). The maximum atomic E-state index is 13.3. The number of halogens is 2. The molecule has 6 heteroatoms. The zero-order valence-corrected chi connectivity index (χ0v) is 8.72. The predicted octanol–water partition coefficient (Wildman–Crippen LogP) is 0.896. The third-order valence-corrected chi connectivity index (χ3v) is 1.78. The van der Waals surface area contributed by atoms with Crippen molar-refractivity contribution in [2.75, 3.05) is 6.67 Å². The lowest BCUT2D eigenvalue weighted by Gasteiger charge is -2.07. The highest BCUT2D eigenvalue weighted by Gasteiger charge is 2.14. The Bertz CT molecular complexity index is 373. The largest absolute Gasteiger partial charge is 0.420 e. The van der Waals surface area contributed by atoms with Crippen LogP contribution in [0.25, 0.3) is 0 Å². The summed E-state index contributed by atoms with van der Waals surface area (Å²) >= 11 is 0. The molecule has 0 aromatic heterocycles. The average Bonchev–Trinajstić information content (AvgIpc) is 2.20. The number of hydrogen-bond donors (Lipinski definition) is 2. The summed E-state index contributed by atoms with van der Waals surface area (Å²) in [5.74, 6) is -3.28. The summed E-state index contributed by atoms with van der Waals surface area (Å²) in [7, 11) is 0. The first-order valence-corrected chi connectivity index (χ1v) is 4.61. The van der Waals surface area contributed by atoms with Gasteiger partial charge in [0.05, 0.1) is 0 Å². The Hall–Kier alpha value is -1.53. The van der Waals surface area contributed by atoms with Crippen LogP contribution in [0.4, 0.5) is 8.78 Å². The zero-order valence-electron chi connectivity index (χ0n) is 8.72. The Morgan fingerprint density at radius 3 is 2.44 bits per heavy atom. The van der Waals surface area contributed by atoms with E-state index in [1.165, 1.54) is 0 Å². The summed E-state index contributed by atoms with van der Waals surface area (Å²) in [6.45, 7) is 1.52. The molecule has 0 atom stereocenters. The average molecular weight is 230 g/mol. The van der Waals surface area contributed by atoms with E-state index >= 15 is 0 Å². The number of benzene rings is 1. The fourth-order valence-corrected chi connectivity index (χ4v) is 1.17. The number of nitrogens with one attached hydrogen (secondary N) is 1. The van der Waals surface area contributed by atoms with E-state index < -0.39 is 23.4 Å². The van der Waals surface area contributed by atoms with Crippen molar-refractivity contribution < 1.29 is 18.3 Å². The number of carbonyl (C=O) groups is 1. The van der Waals surface area contributed by atoms with Gasteiger partial charge in [0.15, 0.2) is 11.6 Å². The number of carbonyl (C=O) groups excluding carboxylic acids is 1. The van der Waals surface area contributed by atoms with Crippen LogP contribution in [0.2, 0.25) is 0 Å². The number of esters is 1. The molecule has 0 aliphatic carbocycles. The Kier molecular flexibility index (Phi) is 4.33. The first kappa shape index (κ1) is 12.5. The summed E-state index contributed by atoms with van der Waals surface area (Å²) in [4.78, 5) is 10.6. The maximum Gasteiger partial charge on any atom is 0.308 e. The molecule has 88 valence electrons. The van der Waals surface area contributed by atoms with E-state index in [4.69, 9.17) is 5.73 Å². The van der Waals surface area contributed by atoms with Gasteiger partial charge in [-0.25, -0.2) is 8.78 Å². The van der Waals surface area contributed by atoms with Gasteiger partial charge >= 0.3 is 5.97 Å². The summed E-state index contributed by atoms with van der Waals surface area (Å²) in [6, 6.07) is 2.17. The van der Waals surface area contributed by atoms with E-state index in [0.717, 1.165) is 19.1 Å². The monoisotopic (exact) mass is 230 g/mol. The van der Waals surface area contributed by atoms with Crippen LogP contribution < -0.4 is 15.8 Å². The number of rotatable bonds is 4. The van der Waals surface area contributed by atoms with E-state index in [1.807, 2.05) is 0 Å². The van der Waals surface area contributed by atoms with Gasteiger partial charge in [-0.05, 0) is 17.7 Å². The molecule has 16 heavy (non-hydrogen) atoms. The molecule has 4 nitrogen and oxygen atoms in total. The molecule has 3 N–H and O–H groups in total. The van der Waals surface area contributed by atoms with Crippen LogP contribution in [0, 0.1) is 11.6 Å². The standard InChI is InChI=1S/C10H12F2N2O2/c1-6(15)16-10-8(11)2-7(3-9(10)12)4-14-5-13/h2-3,14H,4-5,13H2,1H3. The molecule has 0 spiro atoms. The van der Waals surface area contributed by atoms with Gasteiger partial charge in [-0.2, -0.15) is 0 Å². The van der Waals surface area contributed by atoms with E-state index in [9.17, 15) is 13.6 Å². The predicted molar refractivity (Wildman–Crippen MR) is 53.6 cm³/mol. The van der Waals surface area contributed by atoms with Crippen LogP contribution >= 0.6 is 0 Å². The summed E-state index contributed by atoms with van der Waals surface area (Å²) in [6.07, 6.45) is 0. The highest BCUT2D eigenvalue weighted by molar-refractivity contribution is 5.69. The fourth-order valence-electron chi connectivity index (χ4n) is 1.17. The molecule has 0 radical (unpaired) electrons. The minimum atomic E-state index is -0.913. The van der Waals surface area contributed by atoms with Gasteiger partial charge in [0.25, 0.3) is 0 Å². The lowest BCUT2D eigenvalue weighted by atomic mass is 10.2. The molecule has 0 saturated carbocycles. The smallest absolute Gasteiger partial charge is 0.308 e. The van der Waals surface area contributed by atoms with Crippen LogP contribution in [-0.2, 0) is 11.3 Å². The molecule has 0 unspecified atom stereocenters. The minimum absolute atomic E-state index is 0.203. The van der Waals surface area contributed by atoms with E-state index in [1.54, 1.807) is 0 Å². The van der Waals surface area contributed by atoms with Crippen molar-refractivity contribution in [1.29, 1.82) is 0 Å². The van der Waals surface area contributed by atoms with E-state index in [2.05, 4.69) is 10.1 Å². The second-order valence-corrected chi connectivity index (χ2v) is 3.11. The first-order valence-electron chi connectivity index (χ1n) is 4.61. The molecule has 0 aliphatic heterocycles. The Morgan fingerprint density at radius 2 is 2.00 bits per heavy atom. The van der Waals surface area contributed by atoms with Gasteiger partial charge in [-0.1, -0.05) is 0 Å². The highest BCUT2D eigenvalue weighted by atomic mass is 19.1. The van der Waals surface area contributed by atoms with Crippen molar-refractivity contribution in [3.8, 4) is 5.75 Å². The third kappa shape index (κ3) is 3.25. The molecular weight excluding hydrogens is 218 g/mol. The van der Waals surface area contributed by atoms with Gasteiger partial charge in [-0.3, -0.25) is 4.79 Å². The van der Waals surface area contributed by atoms with Crippen molar-refractivity contribution in [1.82, 2.24) is 5.32 Å². The van der Waals surface area contributed by atoms with Crippen LogP contribution in [-0.4, -0.2) is 12.6 Å². The second kappa shape index (κ2) is 5.53. The van der Waals surface area contributed by atoms with E-state index in [-0.39, 0.29) is 13.2 Å². The Labute approximate surface area is 91.4 Å². The zero-order chi connectivity index (χ0) is 12.1. The van der Waals surface area contributed by atoms with Gasteiger partial charge in [0.1, 0.15) is 0 Å². The lowest BCUT2D eigenvalue weighted by Crippen LogP contribution is -2.21. The summed E-state index contributed by atoms with van der Waals surface area (Å²) in [5.41, 5.74) is 5.57. The minimum Gasteiger partial charge on any atom is -0.420 e. The molecular formula is C10H12F2N2O2. The van der Waals surface area contributed by atoms with Crippen LogP contribution in [0.15, 0.2) is 12.1 Å². The quantitative estimate of drug-likeness (QED) is 0.458. The lowest BCUT2D eigenvalue weighted by molar-refractivity contribution is -0.132. The SMILES string of the molecule is CC(=O)Oc1c(F)cc(CNCN)cc1F. The first-order chi connectivity index (χ1) is 7.54. The maximum absolute atomic E-state index is 13.3. The van der Waals surface area contributed by atoms with Gasteiger partial charge in [0, 0.05) is 20.1 Å². The molecule has 0 heterocycles. The number of nitrogens with two attached hydrogens (primary N) is 1. The fraction of sp³-hybridized carbons (Fsp3) is 0.300. The van der Waals surface area contributed by atoms with Crippen molar-refractivity contribution in [2.45, 2.75) is 13.5 Å². The normalized spacial score (nSPS) is 10.2. The second-order valence-electron chi connectivity index (χ2n) is 3.11. The number of hydrogen-bond acceptors (Lipinski definition) is 4. The Balaban J connectivity index is 2.93. The van der Waals surface area contributed by atoms with Crippen LogP contribution in [0.5, 0.6) is 5.75 Å². The van der Waals surface area contributed by atoms with Gasteiger partial charge < -0.3 is 15.8 Å². The molecule has 0 amide bonds. The third-order valence-electron chi connectivity index (χ3n) is 1.78. The highest BCUT2D eigenvalue weighted by Crippen LogP contribution is 2.23. The van der Waals surface area contributed by atoms with Gasteiger partial charge in [0.2, 0.25) is 5.75 Å². The van der Waals surface area contributed by atoms with Crippen molar-refractivity contribution in [2.24, 2.45) is 5.73 Å². The molecule has 1 aromatic rings. The molecule has 1 aromatic carbocycles. The molecule has 0 saturated heterocycles. The number of ether oxygens (including phenoxy) is 1. The topological polar surface area (TPSA) is 64.3 Å². The molecule has 0 aliphatic rings.